The number of nitrogens with one attached hydrogen (secondary N) is 3. The summed E-state index contributed by atoms with van der Waals surface area (Å²) >= 11 is 1.66. The lowest BCUT2D eigenvalue weighted by Gasteiger charge is -2.44. The fourth-order valence-corrected chi connectivity index (χ4v) is 5.58. The minimum atomic E-state index is -0.0257. The lowest BCUT2D eigenvalue weighted by Crippen LogP contribution is -2.42. The first kappa shape index (κ1) is 21.0. The number of carbonyl (C=O) groups is 1. The van der Waals surface area contributed by atoms with Crippen LogP contribution in [0.2, 0.25) is 0 Å². The van der Waals surface area contributed by atoms with Crippen molar-refractivity contribution in [3.05, 3.63) is 81.5 Å². The average Bonchev–Trinajstić information content (AvgIpc) is 3.36. The predicted octanol–water partition coefficient (Wildman–Crippen LogP) is 5.28. The summed E-state index contributed by atoms with van der Waals surface area (Å²) in [4.78, 5) is 14.0. The van der Waals surface area contributed by atoms with Crippen molar-refractivity contribution in [2.75, 3.05) is 18.5 Å². The molecule has 1 fully saturated rings. The van der Waals surface area contributed by atoms with E-state index >= 15 is 0 Å². The van der Waals surface area contributed by atoms with Crippen molar-refractivity contribution in [3.63, 3.8) is 0 Å². The highest BCUT2D eigenvalue weighted by Crippen LogP contribution is 2.47. The van der Waals surface area contributed by atoms with Gasteiger partial charge >= 0.3 is 0 Å². The van der Waals surface area contributed by atoms with Gasteiger partial charge in [-0.05, 0) is 79.2 Å². The summed E-state index contributed by atoms with van der Waals surface area (Å²) in [7, 11) is 0. The number of thiophene rings is 1. The number of hydrogen-bond donors (Lipinski definition) is 3. The van der Waals surface area contributed by atoms with Gasteiger partial charge in [-0.2, -0.15) is 0 Å². The summed E-state index contributed by atoms with van der Waals surface area (Å²) in [6.45, 7) is 4.25. The van der Waals surface area contributed by atoms with Crippen molar-refractivity contribution in [2.24, 2.45) is 5.92 Å². The molecule has 2 aliphatic heterocycles. The normalized spacial score (nSPS) is 21.7. The molecule has 1 aromatic heterocycles. The number of benzene rings is 2. The van der Waals surface area contributed by atoms with Gasteiger partial charge in [0.2, 0.25) is 0 Å². The molecule has 0 saturated carbocycles. The second-order valence-corrected chi connectivity index (χ2v) is 9.46. The monoisotopic (exact) mass is 447 g/mol. The minimum absolute atomic E-state index is 0.0257. The molecule has 1 saturated heterocycles. The SMILES string of the molecule is CCOc1ccc(C2Nc3ccc(C(=O)NCc4cccs4)cc3C3NCCCC23)cc1. The van der Waals surface area contributed by atoms with E-state index in [4.69, 9.17) is 4.74 Å². The second-order valence-electron chi connectivity index (χ2n) is 8.43. The molecule has 3 atom stereocenters. The number of ether oxygens (including phenoxy) is 1. The van der Waals surface area contributed by atoms with Gasteiger partial charge < -0.3 is 20.7 Å². The molecule has 2 aliphatic rings. The molecular formula is C26H29N3O2S. The highest BCUT2D eigenvalue weighted by molar-refractivity contribution is 7.09. The molecule has 3 N–H and O–H groups in total. The van der Waals surface area contributed by atoms with Crippen LogP contribution in [0.3, 0.4) is 0 Å². The summed E-state index contributed by atoms with van der Waals surface area (Å²) in [6.07, 6.45) is 2.31. The quantitative estimate of drug-likeness (QED) is 0.481. The van der Waals surface area contributed by atoms with Crippen molar-refractivity contribution >= 4 is 22.9 Å². The zero-order valence-corrected chi connectivity index (χ0v) is 19.1. The average molecular weight is 448 g/mol. The Bertz CT molecular complexity index is 1070. The molecule has 0 radical (unpaired) electrons. The van der Waals surface area contributed by atoms with Crippen LogP contribution >= 0.6 is 11.3 Å². The second kappa shape index (κ2) is 9.35. The molecule has 166 valence electrons. The maximum absolute atomic E-state index is 12.8. The number of fused-ring (bicyclic) bond motifs is 3. The summed E-state index contributed by atoms with van der Waals surface area (Å²) in [5.74, 6) is 1.31. The lowest BCUT2D eigenvalue weighted by atomic mass is 9.75. The first-order valence-electron chi connectivity index (χ1n) is 11.4. The molecule has 3 heterocycles. The maximum atomic E-state index is 12.8. The van der Waals surface area contributed by atoms with Gasteiger partial charge in [-0.3, -0.25) is 4.79 Å². The van der Waals surface area contributed by atoms with E-state index in [1.165, 1.54) is 11.1 Å². The number of carbonyl (C=O) groups excluding carboxylic acids is 1. The summed E-state index contributed by atoms with van der Waals surface area (Å²) in [5, 5.41) is 12.6. The molecular weight excluding hydrogens is 418 g/mol. The molecule has 0 spiro atoms. The Hall–Kier alpha value is -2.83. The van der Waals surface area contributed by atoms with E-state index in [0.717, 1.165) is 35.7 Å². The van der Waals surface area contributed by atoms with Crippen LogP contribution in [0.1, 0.15) is 58.2 Å². The van der Waals surface area contributed by atoms with E-state index in [9.17, 15) is 4.79 Å². The van der Waals surface area contributed by atoms with Gasteiger partial charge in [0.1, 0.15) is 5.75 Å². The van der Waals surface area contributed by atoms with Gasteiger partial charge in [-0.15, -0.1) is 11.3 Å². The van der Waals surface area contributed by atoms with E-state index in [1.54, 1.807) is 11.3 Å². The van der Waals surface area contributed by atoms with Crippen molar-refractivity contribution < 1.29 is 9.53 Å². The fourth-order valence-electron chi connectivity index (χ4n) is 4.93. The molecule has 6 heteroatoms. The maximum Gasteiger partial charge on any atom is 0.251 e. The molecule has 1 amide bonds. The topological polar surface area (TPSA) is 62.4 Å². The van der Waals surface area contributed by atoms with E-state index in [1.807, 2.05) is 30.5 Å². The molecule has 0 bridgehead atoms. The third kappa shape index (κ3) is 4.25. The fraction of sp³-hybridized carbons (Fsp3) is 0.346. The number of anilines is 1. The van der Waals surface area contributed by atoms with E-state index in [-0.39, 0.29) is 18.0 Å². The Labute approximate surface area is 193 Å². The van der Waals surface area contributed by atoms with Gasteiger partial charge in [0, 0.05) is 28.1 Å². The minimum Gasteiger partial charge on any atom is -0.494 e. The van der Waals surface area contributed by atoms with Gasteiger partial charge in [0.05, 0.1) is 19.2 Å². The van der Waals surface area contributed by atoms with Crippen molar-refractivity contribution in [1.29, 1.82) is 0 Å². The highest BCUT2D eigenvalue weighted by atomic mass is 32.1. The summed E-state index contributed by atoms with van der Waals surface area (Å²) in [6, 6.07) is 19.0. The molecule has 32 heavy (non-hydrogen) atoms. The van der Waals surface area contributed by atoms with Crippen molar-refractivity contribution in [1.82, 2.24) is 10.6 Å². The van der Waals surface area contributed by atoms with Crippen LogP contribution in [0.25, 0.3) is 0 Å². The molecule has 5 rings (SSSR count). The summed E-state index contributed by atoms with van der Waals surface area (Å²) in [5.41, 5.74) is 4.29. The van der Waals surface area contributed by atoms with Gasteiger partial charge in [-0.25, -0.2) is 0 Å². The third-order valence-corrected chi connectivity index (χ3v) is 7.32. The van der Waals surface area contributed by atoms with E-state index in [0.29, 0.717) is 24.6 Å². The highest BCUT2D eigenvalue weighted by Gasteiger charge is 2.39. The van der Waals surface area contributed by atoms with Gasteiger partial charge in [0.15, 0.2) is 0 Å². The van der Waals surface area contributed by atoms with Gasteiger partial charge in [0.25, 0.3) is 5.91 Å². The molecule has 3 unspecified atom stereocenters. The number of piperidine rings is 1. The van der Waals surface area contributed by atoms with Crippen LogP contribution in [0.15, 0.2) is 60.0 Å². The van der Waals surface area contributed by atoms with Gasteiger partial charge in [-0.1, -0.05) is 18.2 Å². The first-order chi connectivity index (χ1) is 15.7. The molecule has 0 aliphatic carbocycles. The number of rotatable bonds is 6. The van der Waals surface area contributed by atoms with E-state index < -0.39 is 0 Å². The summed E-state index contributed by atoms with van der Waals surface area (Å²) < 4.78 is 5.62. The standard InChI is InChI=1S/C26H29N3O2S/c1-2-31-19-10-7-17(8-11-19)24-21-6-3-13-27-25(21)22-15-18(9-12-23(22)29-24)26(30)28-16-20-5-4-14-32-20/h4-5,7-12,14-15,21,24-25,27,29H,2-3,6,13,16H2,1H3,(H,28,30). The number of amides is 1. The Kier molecular flexibility index (Phi) is 6.14. The Morgan fingerprint density at radius 1 is 1.16 bits per heavy atom. The van der Waals surface area contributed by atoms with E-state index in [2.05, 4.69) is 52.3 Å². The largest absolute Gasteiger partial charge is 0.494 e. The Morgan fingerprint density at radius 2 is 2.03 bits per heavy atom. The number of hydrogen-bond acceptors (Lipinski definition) is 5. The van der Waals surface area contributed by atoms with Crippen LogP contribution in [0.4, 0.5) is 5.69 Å². The molecule has 3 aromatic rings. The first-order valence-corrected chi connectivity index (χ1v) is 12.3. The van der Waals surface area contributed by atoms with Crippen LogP contribution in [0, 0.1) is 5.92 Å². The van der Waals surface area contributed by atoms with Crippen molar-refractivity contribution in [3.8, 4) is 5.75 Å². The molecule has 2 aromatic carbocycles. The predicted molar refractivity (Wildman–Crippen MR) is 129 cm³/mol. The van der Waals surface area contributed by atoms with Crippen LogP contribution < -0.4 is 20.7 Å². The Balaban J connectivity index is 1.39. The van der Waals surface area contributed by atoms with Crippen LogP contribution in [-0.2, 0) is 6.54 Å². The van der Waals surface area contributed by atoms with Crippen LogP contribution in [0.5, 0.6) is 5.75 Å². The lowest BCUT2D eigenvalue weighted by molar-refractivity contribution is 0.0951. The third-order valence-electron chi connectivity index (χ3n) is 6.45. The molecule has 5 nitrogen and oxygen atoms in total. The van der Waals surface area contributed by atoms with Crippen LogP contribution in [-0.4, -0.2) is 19.1 Å². The van der Waals surface area contributed by atoms with Crippen molar-refractivity contribution in [2.45, 2.75) is 38.4 Å². The zero-order valence-electron chi connectivity index (χ0n) is 18.3. The zero-order chi connectivity index (χ0) is 21.9. The smallest absolute Gasteiger partial charge is 0.251 e. The Morgan fingerprint density at radius 3 is 2.81 bits per heavy atom.